The van der Waals surface area contributed by atoms with Gasteiger partial charge in [0.2, 0.25) is 0 Å². The fraction of sp³-hybridized carbons (Fsp3) is 0.217. The number of methoxy groups -OCH3 is 1. The minimum Gasteiger partial charge on any atom is -1.00 e. The second-order valence-electron chi connectivity index (χ2n) is 6.86. The van der Waals surface area contributed by atoms with Crippen molar-refractivity contribution >= 4 is 5.78 Å². The normalized spacial score (nSPS) is 15.1. The Labute approximate surface area is 170 Å². The Morgan fingerprint density at radius 2 is 1.74 bits per heavy atom. The maximum Gasteiger partial charge on any atom is 0.173 e. The summed E-state index contributed by atoms with van der Waals surface area (Å²) in [5, 5.41) is 0. The highest BCUT2D eigenvalue weighted by molar-refractivity contribution is 6.02. The zero-order valence-electron chi connectivity index (χ0n) is 15.3. The van der Waals surface area contributed by atoms with Crippen molar-refractivity contribution < 1.29 is 31.1 Å². The summed E-state index contributed by atoms with van der Waals surface area (Å²) in [6, 6.07) is 20.5. The molecule has 2 aromatic carbocycles. The lowest BCUT2D eigenvalue weighted by molar-refractivity contribution is -0.688. The molecule has 0 saturated heterocycles. The zero-order valence-corrected chi connectivity index (χ0v) is 16.9. The molecular weight excluding hydrogens is 402 g/mol. The summed E-state index contributed by atoms with van der Waals surface area (Å²) in [7, 11) is 1.63. The van der Waals surface area contributed by atoms with E-state index in [1.165, 1.54) is 11.1 Å². The molecule has 1 unspecified atom stereocenters. The predicted molar refractivity (Wildman–Crippen MR) is 100 cm³/mol. The molecule has 1 heterocycles. The van der Waals surface area contributed by atoms with E-state index in [4.69, 9.17) is 4.74 Å². The lowest BCUT2D eigenvalue weighted by Crippen LogP contribution is -3.00. The van der Waals surface area contributed by atoms with E-state index in [0.29, 0.717) is 0 Å². The van der Waals surface area contributed by atoms with Crippen molar-refractivity contribution in [1.29, 1.82) is 0 Å². The number of carbonyl (C=O) groups excluding carboxylic acids is 1. The Hall–Kier alpha value is -2.46. The van der Waals surface area contributed by atoms with E-state index in [-0.39, 0.29) is 28.7 Å². The molecule has 4 heteroatoms. The Balaban J connectivity index is 0.00000210. The third-order valence-electron chi connectivity index (χ3n) is 5.07. The molecule has 0 bridgehead atoms. The zero-order chi connectivity index (χ0) is 17.9. The molecular formula is C23H22BrNO2. The van der Waals surface area contributed by atoms with E-state index in [2.05, 4.69) is 53.4 Å². The Morgan fingerprint density at radius 1 is 1.00 bits per heavy atom. The number of rotatable bonds is 5. The summed E-state index contributed by atoms with van der Waals surface area (Å²) in [6.07, 6.45) is 5.79. The van der Waals surface area contributed by atoms with Crippen LogP contribution in [0.15, 0.2) is 73.1 Å². The molecule has 1 aromatic heterocycles. The van der Waals surface area contributed by atoms with Gasteiger partial charge in [-0.05, 0) is 36.1 Å². The van der Waals surface area contributed by atoms with E-state index in [1.54, 1.807) is 7.11 Å². The Morgan fingerprint density at radius 3 is 2.44 bits per heavy atom. The summed E-state index contributed by atoms with van der Waals surface area (Å²) in [6.45, 7) is 0.856. The van der Waals surface area contributed by atoms with Crippen LogP contribution in [0.1, 0.15) is 27.0 Å². The first-order valence-electron chi connectivity index (χ1n) is 8.96. The van der Waals surface area contributed by atoms with Crippen molar-refractivity contribution in [1.82, 2.24) is 0 Å². The summed E-state index contributed by atoms with van der Waals surface area (Å²) < 4.78 is 7.41. The first-order chi connectivity index (χ1) is 12.7. The smallest absolute Gasteiger partial charge is 0.173 e. The number of fused-ring (bicyclic) bond motifs is 1. The number of pyridine rings is 1. The Kier molecular flexibility index (Phi) is 6.07. The number of nitrogens with zero attached hydrogens (tertiary/aromatic N) is 1. The molecule has 1 aliphatic rings. The van der Waals surface area contributed by atoms with Crippen LogP contribution in [0.5, 0.6) is 5.75 Å². The SMILES string of the molecule is COc1ccc2c(c1)C(=O)C(Cc1cc[n+](Cc3ccccc3)cc1)C2.[Br-]. The second-order valence-corrected chi connectivity index (χ2v) is 6.86. The molecule has 1 aliphatic carbocycles. The van der Waals surface area contributed by atoms with E-state index in [9.17, 15) is 4.79 Å². The maximum absolute atomic E-state index is 12.7. The van der Waals surface area contributed by atoms with Crippen molar-refractivity contribution in [2.45, 2.75) is 19.4 Å². The molecule has 0 fully saturated rings. The van der Waals surface area contributed by atoms with Crippen LogP contribution in [0.2, 0.25) is 0 Å². The average molecular weight is 424 g/mol. The van der Waals surface area contributed by atoms with Crippen molar-refractivity contribution in [2.24, 2.45) is 5.92 Å². The summed E-state index contributed by atoms with van der Waals surface area (Å²) >= 11 is 0. The number of hydrogen-bond acceptors (Lipinski definition) is 2. The first-order valence-corrected chi connectivity index (χ1v) is 8.96. The van der Waals surface area contributed by atoms with Crippen molar-refractivity contribution in [3.05, 3.63) is 95.3 Å². The van der Waals surface area contributed by atoms with E-state index in [0.717, 1.165) is 36.3 Å². The van der Waals surface area contributed by atoms with E-state index < -0.39 is 0 Å². The predicted octanol–water partition coefficient (Wildman–Crippen LogP) is 0.633. The van der Waals surface area contributed by atoms with Crippen molar-refractivity contribution in [3.8, 4) is 5.75 Å². The molecule has 0 spiro atoms. The standard InChI is InChI=1S/C23H22NO2.BrH/c1-26-21-8-7-19-14-20(23(25)22(19)15-21)13-17-9-11-24(12-10-17)16-18-5-3-2-4-6-18;/h2-12,15,20H,13-14,16H2,1H3;1H/q+1;/p-1. The van der Waals surface area contributed by atoms with Crippen LogP contribution in [-0.4, -0.2) is 12.9 Å². The molecule has 0 amide bonds. The molecule has 27 heavy (non-hydrogen) atoms. The highest BCUT2D eigenvalue weighted by atomic mass is 79.9. The van der Waals surface area contributed by atoms with Gasteiger partial charge in [-0.25, -0.2) is 4.57 Å². The first kappa shape index (κ1) is 19.3. The number of ether oxygens (including phenoxy) is 1. The highest BCUT2D eigenvalue weighted by Gasteiger charge is 2.30. The van der Waals surface area contributed by atoms with Gasteiger partial charge in [0.1, 0.15) is 5.75 Å². The van der Waals surface area contributed by atoms with Crippen LogP contribution in [0.4, 0.5) is 0 Å². The fourth-order valence-electron chi connectivity index (χ4n) is 3.64. The van der Waals surface area contributed by atoms with Gasteiger partial charge in [0, 0.05) is 29.2 Å². The molecule has 0 saturated carbocycles. The molecule has 3 aromatic rings. The van der Waals surface area contributed by atoms with Crippen molar-refractivity contribution in [3.63, 3.8) is 0 Å². The number of ketones is 1. The monoisotopic (exact) mass is 423 g/mol. The molecule has 3 nitrogen and oxygen atoms in total. The summed E-state index contributed by atoms with van der Waals surface area (Å²) in [4.78, 5) is 12.7. The summed E-state index contributed by atoms with van der Waals surface area (Å²) in [5.41, 5.74) is 4.44. The van der Waals surface area contributed by atoms with Gasteiger partial charge in [-0.2, -0.15) is 0 Å². The van der Waals surface area contributed by atoms with Gasteiger partial charge >= 0.3 is 0 Å². The molecule has 138 valence electrons. The number of Topliss-reactive ketones (excluding diaryl/α,β-unsaturated/α-hetero) is 1. The number of carbonyl (C=O) groups is 1. The minimum absolute atomic E-state index is 0. The lowest BCUT2D eigenvalue weighted by Gasteiger charge is -2.07. The van der Waals surface area contributed by atoms with Crippen molar-refractivity contribution in [2.75, 3.05) is 7.11 Å². The van der Waals surface area contributed by atoms with Crippen LogP contribution >= 0.6 is 0 Å². The van der Waals surface area contributed by atoms with Gasteiger partial charge in [0.25, 0.3) is 0 Å². The number of aromatic nitrogens is 1. The third-order valence-corrected chi connectivity index (χ3v) is 5.07. The van der Waals surface area contributed by atoms with Crippen LogP contribution in [-0.2, 0) is 19.4 Å². The minimum atomic E-state index is 0. The lowest BCUT2D eigenvalue weighted by atomic mass is 9.96. The quantitative estimate of drug-likeness (QED) is 0.563. The number of halogens is 1. The topological polar surface area (TPSA) is 30.2 Å². The average Bonchev–Trinajstić information content (AvgIpc) is 2.99. The van der Waals surface area contributed by atoms with Gasteiger partial charge in [-0.15, -0.1) is 0 Å². The van der Waals surface area contributed by atoms with Gasteiger partial charge < -0.3 is 21.7 Å². The fourth-order valence-corrected chi connectivity index (χ4v) is 3.64. The third kappa shape index (κ3) is 4.28. The van der Waals surface area contributed by atoms with E-state index >= 15 is 0 Å². The molecule has 4 rings (SSSR count). The highest BCUT2D eigenvalue weighted by Crippen LogP contribution is 2.31. The Bertz CT molecular complexity index is 923. The summed E-state index contributed by atoms with van der Waals surface area (Å²) in [5.74, 6) is 1.02. The van der Waals surface area contributed by atoms with Gasteiger partial charge in [-0.1, -0.05) is 36.4 Å². The molecule has 1 atom stereocenters. The molecule has 0 aliphatic heterocycles. The van der Waals surface area contributed by atoms with Gasteiger partial charge in [0.05, 0.1) is 7.11 Å². The van der Waals surface area contributed by atoms with E-state index in [1.807, 2.05) is 24.3 Å². The molecule has 0 N–H and O–H groups in total. The van der Waals surface area contributed by atoms with Crippen LogP contribution in [0.3, 0.4) is 0 Å². The van der Waals surface area contributed by atoms with Crippen LogP contribution < -0.4 is 26.3 Å². The van der Waals surface area contributed by atoms with Gasteiger partial charge in [-0.3, -0.25) is 4.79 Å². The molecule has 0 radical (unpaired) electrons. The van der Waals surface area contributed by atoms with Gasteiger partial charge in [0.15, 0.2) is 24.7 Å². The second kappa shape index (κ2) is 8.49. The van der Waals surface area contributed by atoms with Crippen LogP contribution in [0.25, 0.3) is 0 Å². The maximum atomic E-state index is 12.7. The van der Waals surface area contributed by atoms with Crippen LogP contribution in [0, 0.1) is 5.92 Å². The number of hydrogen-bond donors (Lipinski definition) is 0. The largest absolute Gasteiger partial charge is 1.00 e. The number of benzene rings is 2.